The van der Waals surface area contributed by atoms with Gasteiger partial charge in [-0.1, -0.05) is 50.0 Å². The minimum Gasteiger partial charge on any atom is -0.462 e. The van der Waals surface area contributed by atoms with Crippen molar-refractivity contribution in [3.63, 3.8) is 0 Å². The third-order valence-corrected chi connectivity index (χ3v) is 10.5. The molecule has 9 heteroatoms. The van der Waals surface area contributed by atoms with Crippen LogP contribution in [0.4, 0.5) is 0 Å². The highest BCUT2D eigenvalue weighted by molar-refractivity contribution is 6.76. The maximum Gasteiger partial charge on any atom is 0.309 e. The Kier molecular flexibility index (Phi) is 8.82. The Morgan fingerprint density at radius 1 is 0.946 bits per heavy atom. The molecule has 1 aromatic rings. The summed E-state index contributed by atoms with van der Waals surface area (Å²) in [6.45, 7) is 15.5. The van der Waals surface area contributed by atoms with Gasteiger partial charge in [-0.3, -0.25) is 9.59 Å². The average Bonchev–Trinajstić information content (AvgIpc) is 2.79. The van der Waals surface area contributed by atoms with E-state index in [0.29, 0.717) is 32.8 Å². The van der Waals surface area contributed by atoms with Crippen LogP contribution in [0.1, 0.15) is 18.4 Å². The molecule has 4 bridgehead atoms. The van der Waals surface area contributed by atoms with Gasteiger partial charge in [-0.2, -0.15) is 0 Å². The topological polar surface area (TPSA) is 80.3 Å². The molecule has 5 rings (SSSR count). The summed E-state index contributed by atoms with van der Waals surface area (Å²) in [7, 11) is -3.32. The van der Waals surface area contributed by atoms with Crippen LogP contribution in [0.2, 0.25) is 45.3 Å². The molecule has 206 valence electrons. The highest BCUT2D eigenvalue weighted by Crippen LogP contribution is 2.58. The Morgan fingerprint density at radius 2 is 1.65 bits per heavy atom. The van der Waals surface area contributed by atoms with Gasteiger partial charge in [0.15, 0.2) is 14.1 Å². The second-order valence-corrected chi connectivity index (χ2v) is 23.1. The average molecular weight is 549 g/mol. The van der Waals surface area contributed by atoms with Gasteiger partial charge in [0.25, 0.3) is 0 Å². The molecule has 0 radical (unpaired) electrons. The first-order valence-corrected chi connectivity index (χ1v) is 20.7. The fourth-order valence-corrected chi connectivity index (χ4v) is 8.48. The lowest BCUT2D eigenvalue weighted by molar-refractivity contribution is -0.238. The van der Waals surface area contributed by atoms with Crippen LogP contribution in [-0.4, -0.2) is 66.5 Å². The van der Waals surface area contributed by atoms with Crippen molar-refractivity contribution >= 4 is 28.1 Å². The van der Waals surface area contributed by atoms with Crippen LogP contribution in [-0.2, 0) is 39.6 Å². The van der Waals surface area contributed by atoms with E-state index >= 15 is 0 Å². The van der Waals surface area contributed by atoms with Crippen molar-refractivity contribution in [2.75, 3.05) is 26.6 Å². The molecule has 0 unspecified atom stereocenters. The number of Topliss-reactive ketones (excluding diaryl/α,β-unsaturated/α-hetero) is 1. The molecule has 0 N–H and O–H groups in total. The number of benzene rings is 1. The number of hydrogen-bond acceptors (Lipinski definition) is 7. The number of carbonyl (C=O) groups is 2. The van der Waals surface area contributed by atoms with Crippen LogP contribution < -0.4 is 0 Å². The van der Waals surface area contributed by atoms with Crippen LogP contribution >= 0.6 is 0 Å². The molecule has 1 aromatic carbocycles. The Balaban J connectivity index is 1.51. The lowest BCUT2D eigenvalue weighted by Gasteiger charge is -2.62. The van der Waals surface area contributed by atoms with Gasteiger partial charge in [0.05, 0.1) is 26.2 Å². The van der Waals surface area contributed by atoms with Crippen molar-refractivity contribution in [2.45, 2.75) is 76.5 Å². The summed E-state index contributed by atoms with van der Waals surface area (Å²) in [6, 6.07) is 11.2. The molecule has 7 nitrogen and oxygen atoms in total. The van der Waals surface area contributed by atoms with E-state index < -0.39 is 22.0 Å². The minimum atomic E-state index is -2.15. The number of ether oxygens (including phenoxy) is 4. The van der Waals surface area contributed by atoms with E-state index in [-0.39, 0.29) is 54.7 Å². The van der Waals surface area contributed by atoms with Crippen molar-refractivity contribution in [1.29, 1.82) is 0 Å². The van der Waals surface area contributed by atoms with E-state index in [9.17, 15) is 9.59 Å². The zero-order valence-electron chi connectivity index (χ0n) is 23.3. The minimum absolute atomic E-state index is 0.00364. The summed E-state index contributed by atoms with van der Waals surface area (Å²) < 4.78 is 30.5. The van der Waals surface area contributed by atoms with Gasteiger partial charge in [0.1, 0.15) is 18.5 Å². The Hall–Kier alpha value is -1.37. The molecular formula is C28H44O7Si2. The summed E-state index contributed by atoms with van der Waals surface area (Å²) in [6.07, 6.45) is 0.206. The maximum atomic E-state index is 14.0. The van der Waals surface area contributed by atoms with E-state index in [4.69, 9.17) is 23.4 Å². The van der Waals surface area contributed by atoms with Gasteiger partial charge >= 0.3 is 5.97 Å². The lowest BCUT2D eigenvalue weighted by atomic mass is 9.49. The zero-order chi connectivity index (χ0) is 26.8. The highest BCUT2D eigenvalue weighted by atomic mass is 28.4. The van der Waals surface area contributed by atoms with Gasteiger partial charge in [-0.25, -0.2) is 0 Å². The van der Waals surface area contributed by atoms with E-state index in [0.717, 1.165) is 11.6 Å². The van der Waals surface area contributed by atoms with E-state index in [2.05, 4.69) is 39.3 Å². The van der Waals surface area contributed by atoms with Crippen LogP contribution in [0.25, 0.3) is 0 Å². The van der Waals surface area contributed by atoms with Crippen molar-refractivity contribution in [3.05, 3.63) is 35.9 Å². The maximum absolute atomic E-state index is 14.0. The summed E-state index contributed by atoms with van der Waals surface area (Å²) in [4.78, 5) is 26.6. The number of rotatable bonds is 13. The first-order valence-electron chi connectivity index (χ1n) is 13.6. The molecule has 4 fully saturated rings. The van der Waals surface area contributed by atoms with Gasteiger partial charge < -0.3 is 23.4 Å². The molecule has 37 heavy (non-hydrogen) atoms. The van der Waals surface area contributed by atoms with Crippen LogP contribution in [0.5, 0.6) is 0 Å². The SMILES string of the molecule is C[Si](C)(C)CCOCOC[C@H]1[C@H](COCc2ccccc2)[C@H]2[C@H]3C[C@@H]1C(=O)[C@]2(O[Si](C)(C)C)CC(=O)O3. The monoisotopic (exact) mass is 548 g/mol. The zero-order valence-corrected chi connectivity index (χ0v) is 25.3. The standard InChI is InChI=1S/C28H44O7Si2/c1-36(2,3)13-12-31-19-33-17-22-21-14-24-26(23(22)18-32-16-20-10-8-7-9-11-20)28(27(21)30,15-25(29)34-24)35-37(4,5)6/h7-11,21-24,26H,12-19H2,1-6H3/t21-,22+,23-,24+,26-,28-/m0/s1. The highest BCUT2D eigenvalue weighted by Gasteiger charge is 2.70. The number of ketones is 1. The largest absolute Gasteiger partial charge is 0.462 e. The fourth-order valence-electron chi connectivity index (χ4n) is 6.32. The second kappa shape index (κ2) is 11.4. The predicted molar refractivity (Wildman–Crippen MR) is 146 cm³/mol. The van der Waals surface area contributed by atoms with Gasteiger partial charge in [0, 0.05) is 26.5 Å². The molecule has 1 saturated heterocycles. The third kappa shape index (κ3) is 6.80. The summed E-state index contributed by atoms with van der Waals surface area (Å²) >= 11 is 0. The third-order valence-electron chi connectivity index (χ3n) is 7.78. The van der Waals surface area contributed by atoms with Crippen LogP contribution in [0.15, 0.2) is 30.3 Å². The summed E-state index contributed by atoms with van der Waals surface area (Å²) in [5.74, 6) is -0.837. The fraction of sp³-hybridized carbons (Fsp3) is 0.714. The number of fused-ring (bicyclic) bond motifs is 1. The molecule has 1 aliphatic heterocycles. The van der Waals surface area contributed by atoms with Crippen molar-refractivity contribution in [2.24, 2.45) is 23.7 Å². The second-order valence-electron chi connectivity index (χ2n) is 13.1. The molecular weight excluding hydrogens is 504 g/mol. The van der Waals surface area contributed by atoms with Crippen molar-refractivity contribution < 1.29 is 33.0 Å². The first kappa shape index (κ1) is 28.6. The van der Waals surface area contributed by atoms with Crippen molar-refractivity contribution in [1.82, 2.24) is 0 Å². The molecule has 0 spiro atoms. The Labute approximate surface area is 223 Å². The smallest absolute Gasteiger partial charge is 0.309 e. The molecule has 1 heterocycles. The molecule has 4 aliphatic rings. The number of hydrogen-bond donors (Lipinski definition) is 0. The molecule has 3 aliphatic carbocycles. The Bertz CT molecular complexity index is 942. The van der Waals surface area contributed by atoms with Gasteiger partial charge in [-0.05, 0) is 49.5 Å². The molecule has 0 amide bonds. The van der Waals surface area contributed by atoms with Crippen molar-refractivity contribution in [3.8, 4) is 0 Å². The number of esters is 1. The van der Waals surface area contributed by atoms with E-state index in [1.54, 1.807) is 0 Å². The van der Waals surface area contributed by atoms with Crippen LogP contribution in [0.3, 0.4) is 0 Å². The number of carbonyl (C=O) groups excluding carboxylic acids is 2. The quantitative estimate of drug-likeness (QED) is 0.150. The summed E-state index contributed by atoms with van der Waals surface area (Å²) in [5, 5.41) is 0. The van der Waals surface area contributed by atoms with Gasteiger partial charge in [0.2, 0.25) is 0 Å². The molecule has 3 saturated carbocycles. The Morgan fingerprint density at radius 3 is 2.32 bits per heavy atom. The van der Waals surface area contributed by atoms with E-state index in [1.807, 2.05) is 30.3 Å². The first-order chi connectivity index (χ1) is 17.4. The summed E-state index contributed by atoms with van der Waals surface area (Å²) in [5.41, 5.74) is -0.0128. The van der Waals surface area contributed by atoms with E-state index in [1.165, 1.54) is 0 Å². The molecule has 6 atom stereocenters. The normalized spacial score (nSPS) is 31.5. The predicted octanol–water partition coefficient (Wildman–Crippen LogP) is 4.89. The lowest BCUT2D eigenvalue weighted by Crippen LogP contribution is -2.74. The van der Waals surface area contributed by atoms with Gasteiger partial charge in [-0.15, -0.1) is 0 Å². The molecule has 0 aromatic heterocycles. The van der Waals surface area contributed by atoms with Crippen LogP contribution in [0, 0.1) is 23.7 Å².